The normalized spacial score (nSPS) is 19.5. The second-order valence-electron chi connectivity index (χ2n) is 8.46. The summed E-state index contributed by atoms with van der Waals surface area (Å²) in [6.45, 7) is 1.19. The number of carbonyl (C=O) groups is 3. The highest BCUT2D eigenvalue weighted by Crippen LogP contribution is 2.22. The maximum absolute atomic E-state index is 12.7. The summed E-state index contributed by atoms with van der Waals surface area (Å²) in [5.41, 5.74) is 2.45. The average Bonchev–Trinajstić information content (AvgIpc) is 3.07. The van der Waals surface area contributed by atoms with Crippen molar-refractivity contribution in [3.05, 3.63) is 71.8 Å². The summed E-state index contributed by atoms with van der Waals surface area (Å²) >= 11 is 0. The van der Waals surface area contributed by atoms with Crippen molar-refractivity contribution < 1.29 is 14.4 Å². The summed E-state index contributed by atoms with van der Waals surface area (Å²) < 4.78 is 0. The molecule has 162 valence electrons. The van der Waals surface area contributed by atoms with E-state index < -0.39 is 12.1 Å². The summed E-state index contributed by atoms with van der Waals surface area (Å²) in [5, 5.41) is 2.73. The van der Waals surface area contributed by atoms with Gasteiger partial charge >= 0.3 is 6.03 Å². The van der Waals surface area contributed by atoms with E-state index in [4.69, 9.17) is 0 Å². The maximum Gasteiger partial charge on any atom is 0.325 e. The van der Waals surface area contributed by atoms with E-state index in [0.29, 0.717) is 31.8 Å². The topological polar surface area (TPSA) is 69.7 Å². The summed E-state index contributed by atoms with van der Waals surface area (Å²) in [7, 11) is 0. The van der Waals surface area contributed by atoms with Crippen molar-refractivity contribution >= 4 is 17.8 Å². The summed E-state index contributed by atoms with van der Waals surface area (Å²) in [4.78, 5) is 40.6. The predicted molar refractivity (Wildman–Crippen MR) is 118 cm³/mol. The molecule has 0 aliphatic carbocycles. The lowest BCUT2D eigenvalue weighted by molar-refractivity contribution is -0.138. The van der Waals surface area contributed by atoms with E-state index >= 15 is 0 Å². The van der Waals surface area contributed by atoms with Crippen molar-refractivity contribution in [2.24, 2.45) is 5.92 Å². The number of likely N-dealkylation sites (tertiary alicyclic amines) is 1. The zero-order valence-electron chi connectivity index (χ0n) is 17.7. The molecule has 2 aliphatic rings. The number of aryl methyl sites for hydroxylation is 1. The first-order valence-corrected chi connectivity index (χ1v) is 11.1. The van der Waals surface area contributed by atoms with Crippen LogP contribution in [0.5, 0.6) is 0 Å². The second kappa shape index (κ2) is 9.77. The van der Waals surface area contributed by atoms with Gasteiger partial charge in [-0.25, -0.2) is 4.79 Å². The van der Waals surface area contributed by atoms with E-state index in [1.165, 1.54) is 5.56 Å². The quantitative estimate of drug-likeness (QED) is 0.702. The minimum Gasteiger partial charge on any atom is -0.341 e. The Bertz CT molecular complexity index is 908. The summed E-state index contributed by atoms with van der Waals surface area (Å²) in [6, 6.07) is 19.3. The van der Waals surface area contributed by atoms with E-state index in [1.807, 2.05) is 36.4 Å². The number of carbonyl (C=O) groups excluding carboxylic acids is 3. The van der Waals surface area contributed by atoms with Crippen LogP contribution in [0.4, 0.5) is 4.79 Å². The van der Waals surface area contributed by atoms with Crippen LogP contribution in [0.3, 0.4) is 0 Å². The van der Waals surface area contributed by atoms with Crippen molar-refractivity contribution in [3.63, 3.8) is 0 Å². The number of hydrogen-bond acceptors (Lipinski definition) is 3. The van der Waals surface area contributed by atoms with E-state index in [1.54, 1.807) is 4.90 Å². The van der Waals surface area contributed by atoms with Crippen molar-refractivity contribution in [2.75, 3.05) is 19.6 Å². The molecule has 0 spiro atoms. The third-order valence-corrected chi connectivity index (χ3v) is 6.30. The Hall–Kier alpha value is -3.15. The summed E-state index contributed by atoms with van der Waals surface area (Å²) in [5.74, 6) is 0.115. The minimum atomic E-state index is -0.558. The highest BCUT2D eigenvalue weighted by molar-refractivity contribution is 6.06. The van der Waals surface area contributed by atoms with E-state index in [0.717, 1.165) is 29.7 Å². The average molecular weight is 420 g/mol. The lowest BCUT2D eigenvalue weighted by Crippen LogP contribution is -2.46. The predicted octanol–water partition coefficient (Wildman–Crippen LogP) is 3.02. The number of rotatable bonds is 7. The number of imide groups is 1. The molecule has 0 radical (unpaired) electrons. The van der Waals surface area contributed by atoms with Crippen LogP contribution in [-0.4, -0.2) is 53.3 Å². The Morgan fingerprint density at radius 2 is 1.52 bits per heavy atom. The van der Waals surface area contributed by atoms with Crippen LogP contribution in [0, 0.1) is 5.92 Å². The number of piperidine rings is 1. The van der Waals surface area contributed by atoms with Crippen LogP contribution in [0.15, 0.2) is 60.7 Å². The van der Waals surface area contributed by atoms with Gasteiger partial charge in [0.15, 0.2) is 0 Å². The molecule has 2 aromatic carbocycles. The first kappa shape index (κ1) is 21.1. The first-order chi connectivity index (χ1) is 15.1. The van der Waals surface area contributed by atoms with Gasteiger partial charge in [-0.1, -0.05) is 60.7 Å². The monoisotopic (exact) mass is 419 g/mol. The second-order valence-corrected chi connectivity index (χ2v) is 8.46. The van der Waals surface area contributed by atoms with Gasteiger partial charge < -0.3 is 10.2 Å². The zero-order valence-corrected chi connectivity index (χ0v) is 17.7. The Morgan fingerprint density at radius 3 is 2.16 bits per heavy atom. The fourth-order valence-electron chi connectivity index (χ4n) is 4.45. The van der Waals surface area contributed by atoms with Gasteiger partial charge in [-0.05, 0) is 49.1 Å². The van der Waals surface area contributed by atoms with E-state index in [9.17, 15) is 14.4 Å². The molecule has 0 bridgehead atoms. The van der Waals surface area contributed by atoms with Gasteiger partial charge in [0.05, 0.1) is 0 Å². The van der Waals surface area contributed by atoms with Crippen LogP contribution in [0.1, 0.15) is 30.4 Å². The lowest BCUT2D eigenvalue weighted by Gasteiger charge is -2.32. The summed E-state index contributed by atoms with van der Waals surface area (Å²) in [6.07, 6.45) is 4.15. The number of benzene rings is 2. The molecule has 4 amide bonds. The van der Waals surface area contributed by atoms with Crippen LogP contribution in [-0.2, 0) is 22.4 Å². The van der Waals surface area contributed by atoms with Crippen molar-refractivity contribution in [1.29, 1.82) is 0 Å². The lowest BCUT2D eigenvalue weighted by atomic mass is 9.90. The molecular weight excluding hydrogens is 390 g/mol. The number of nitrogens with zero attached hydrogens (tertiary/aromatic N) is 2. The zero-order chi connectivity index (χ0) is 21.6. The van der Waals surface area contributed by atoms with E-state index in [-0.39, 0.29) is 18.4 Å². The molecule has 1 N–H and O–H groups in total. The number of amides is 4. The van der Waals surface area contributed by atoms with Crippen LogP contribution in [0.2, 0.25) is 0 Å². The van der Waals surface area contributed by atoms with Crippen molar-refractivity contribution in [2.45, 2.75) is 38.1 Å². The van der Waals surface area contributed by atoms with E-state index in [2.05, 4.69) is 29.6 Å². The third kappa shape index (κ3) is 5.32. The van der Waals surface area contributed by atoms with Gasteiger partial charge in [0, 0.05) is 13.1 Å². The number of hydrogen-bond donors (Lipinski definition) is 1. The molecule has 31 heavy (non-hydrogen) atoms. The molecule has 0 saturated carbocycles. The number of nitrogens with one attached hydrogen (secondary N) is 1. The highest BCUT2D eigenvalue weighted by Gasteiger charge is 2.39. The molecule has 2 fully saturated rings. The standard InChI is InChI=1S/C25H29N3O3/c29-23(27-15-13-21(14-16-27)17-20-9-5-2-6-10-20)18-28-24(30)22(26-25(28)31)12-11-19-7-3-1-4-8-19/h1-10,21-22H,11-18H2,(H,26,31)/t22-/m1/s1. The Labute approximate surface area is 183 Å². The van der Waals surface area contributed by atoms with Gasteiger partial charge in [-0.2, -0.15) is 0 Å². The number of urea groups is 1. The molecule has 6 nitrogen and oxygen atoms in total. The Kier molecular flexibility index (Phi) is 6.65. The van der Waals surface area contributed by atoms with Crippen molar-refractivity contribution in [3.8, 4) is 0 Å². The van der Waals surface area contributed by atoms with Crippen LogP contribution in [0.25, 0.3) is 0 Å². The molecular formula is C25H29N3O3. The van der Waals surface area contributed by atoms with Gasteiger partial charge in [0.2, 0.25) is 5.91 Å². The molecule has 0 unspecified atom stereocenters. The molecule has 0 aromatic heterocycles. The highest BCUT2D eigenvalue weighted by atomic mass is 16.2. The minimum absolute atomic E-state index is 0.148. The maximum atomic E-state index is 12.7. The smallest absolute Gasteiger partial charge is 0.325 e. The Morgan fingerprint density at radius 1 is 0.903 bits per heavy atom. The fraction of sp³-hybridized carbons (Fsp3) is 0.400. The van der Waals surface area contributed by atoms with Gasteiger partial charge in [-0.3, -0.25) is 14.5 Å². The van der Waals surface area contributed by atoms with Gasteiger partial charge in [-0.15, -0.1) is 0 Å². The van der Waals surface area contributed by atoms with Gasteiger partial charge in [0.25, 0.3) is 5.91 Å². The molecule has 4 rings (SSSR count). The first-order valence-electron chi connectivity index (χ1n) is 11.1. The largest absolute Gasteiger partial charge is 0.341 e. The van der Waals surface area contributed by atoms with Crippen LogP contribution < -0.4 is 5.32 Å². The fourth-order valence-corrected chi connectivity index (χ4v) is 4.45. The molecule has 1 atom stereocenters. The molecule has 2 aliphatic heterocycles. The molecule has 2 aromatic rings. The van der Waals surface area contributed by atoms with Gasteiger partial charge in [0.1, 0.15) is 12.6 Å². The molecule has 2 saturated heterocycles. The molecule has 2 heterocycles. The van der Waals surface area contributed by atoms with Crippen LogP contribution >= 0.6 is 0 Å². The SMILES string of the molecule is O=C(CN1C(=O)N[C@H](CCc2ccccc2)C1=O)N1CCC(Cc2ccccc2)CC1. The molecule has 6 heteroatoms. The Balaban J connectivity index is 1.24. The van der Waals surface area contributed by atoms with Crippen molar-refractivity contribution in [1.82, 2.24) is 15.1 Å². The third-order valence-electron chi connectivity index (χ3n) is 6.30.